The van der Waals surface area contributed by atoms with Gasteiger partial charge in [0.15, 0.2) is 0 Å². The number of rotatable bonds is 10. The van der Waals surface area contributed by atoms with Crippen LogP contribution >= 0.6 is 0 Å². The summed E-state index contributed by atoms with van der Waals surface area (Å²) < 4.78 is 11.0. The Hall–Kier alpha value is -1.42. The maximum absolute atomic E-state index is 10.3. The number of aliphatic hydroxyl groups is 1. The molecule has 0 bridgehead atoms. The number of benzene rings is 1. The first-order valence-electron chi connectivity index (χ1n) is 9.63. The monoisotopic (exact) mass is 358 g/mol. The van der Waals surface area contributed by atoms with Crippen LogP contribution in [0.25, 0.3) is 0 Å². The fourth-order valence-electron chi connectivity index (χ4n) is 4.39. The van der Waals surface area contributed by atoms with Crippen LogP contribution in [0.5, 0.6) is 0 Å². The van der Waals surface area contributed by atoms with Gasteiger partial charge in [-0.25, -0.2) is 0 Å². The van der Waals surface area contributed by atoms with Gasteiger partial charge in [-0.2, -0.15) is 0 Å². The van der Waals surface area contributed by atoms with Crippen molar-refractivity contribution in [1.82, 2.24) is 0 Å². The summed E-state index contributed by atoms with van der Waals surface area (Å²) >= 11 is 0. The predicted octanol–water partition coefficient (Wildman–Crippen LogP) is 4.94. The van der Waals surface area contributed by atoms with Crippen LogP contribution in [0, 0.1) is 17.3 Å². The number of allylic oxidation sites excluding steroid dienone is 3. The quantitative estimate of drug-likeness (QED) is 0.602. The molecule has 0 aromatic heterocycles. The standard InChI is InChI=1S/C23H34O3/c1-4-10-20-15-23(17-25-2,18-26-3)16-21(20)13-8-9-14-22(24)19-11-6-5-7-12-19/h4-12,20-22,24H,13-18H2,1-3H3/b9-8+,10-4+/t20-,21+,22?/m1/s1. The number of hydrogen-bond acceptors (Lipinski definition) is 3. The van der Waals surface area contributed by atoms with E-state index in [1.54, 1.807) is 14.2 Å². The van der Waals surface area contributed by atoms with Gasteiger partial charge < -0.3 is 14.6 Å². The van der Waals surface area contributed by atoms with Gasteiger partial charge in [0.1, 0.15) is 0 Å². The lowest BCUT2D eigenvalue weighted by Gasteiger charge is -2.27. The normalized spacial score (nSPS) is 23.8. The second-order valence-electron chi connectivity index (χ2n) is 7.59. The maximum atomic E-state index is 10.3. The third kappa shape index (κ3) is 5.80. The Bertz CT molecular complexity index is 558. The minimum absolute atomic E-state index is 0.121. The van der Waals surface area contributed by atoms with Crippen LogP contribution in [0.2, 0.25) is 0 Å². The molecule has 3 atom stereocenters. The molecule has 1 aromatic carbocycles. The van der Waals surface area contributed by atoms with Crippen LogP contribution in [0.1, 0.15) is 44.3 Å². The van der Waals surface area contributed by atoms with Crippen LogP contribution in [-0.4, -0.2) is 32.5 Å². The highest BCUT2D eigenvalue weighted by atomic mass is 16.5. The van der Waals surface area contributed by atoms with Crippen molar-refractivity contribution in [3.8, 4) is 0 Å². The summed E-state index contributed by atoms with van der Waals surface area (Å²) in [5.74, 6) is 1.16. The summed E-state index contributed by atoms with van der Waals surface area (Å²) in [7, 11) is 3.56. The van der Waals surface area contributed by atoms with E-state index in [1.165, 1.54) is 0 Å². The second kappa shape index (κ2) is 10.7. The molecule has 3 nitrogen and oxygen atoms in total. The van der Waals surface area contributed by atoms with Gasteiger partial charge in [-0.05, 0) is 50.0 Å². The van der Waals surface area contributed by atoms with Crippen molar-refractivity contribution >= 4 is 0 Å². The molecule has 0 heterocycles. The highest BCUT2D eigenvalue weighted by molar-refractivity contribution is 5.18. The third-order valence-electron chi connectivity index (χ3n) is 5.46. The van der Waals surface area contributed by atoms with Crippen LogP contribution in [0.3, 0.4) is 0 Å². The molecule has 26 heavy (non-hydrogen) atoms. The average Bonchev–Trinajstić information content (AvgIpc) is 2.97. The molecule has 2 rings (SSSR count). The molecule has 0 radical (unpaired) electrons. The summed E-state index contributed by atoms with van der Waals surface area (Å²) in [5.41, 5.74) is 1.10. The molecule has 3 heteroatoms. The van der Waals surface area contributed by atoms with Gasteiger partial charge in [0.05, 0.1) is 19.3 Å². The molecule has 1 fully saturated rings. The third-order valence-corrected chi connectivity index (χ3v) is 5.46. The van der Waals surface area contributed by atoms with Gasteiger partial charge in [-0.15, -0.1) is 0 Å². The fourth-order valence-corrected chi connectivity index (χ4v) is 4.39. The first kappa shape index (κ1) is 20.9. The van der Waals surface area contributed by atoms with E-state index in [0.29, 0.717) is 18.3 Å². The zero-order chi connectivity index (χ0) is 18.8. The van der Waals surface area contributed by atoms with E-state index in [9.17, 15) is 5.11 Å². The molecule has 0 spiro atoms. The van der Waals surface area contributed by atoms with E-state index < -0.39 is 6.10 Å². The number of aliphatic hydroxyl groups excluding tert-OH is 1. The van der Waals surface area contributed by atoms with E-state index >= 15 is 0 Å². The molecule has 1 saturated carbocycles. The minimum Gasteiger partial charge on any atom is -0.388 e. The van der Waals surface area contributed by atoms with Gasteiger partial charge in [0.25, 0.3) is 0 Å². The van der Waals surface area contributed by atoms with Crippen molar-refractivity contribution in [3.63, 3.8) is 0 Å². The lowest BCUT2D eigenvalue weighted by molar-refractivity contribution is 0.0111. The van der Waals surface area contributed by atoms with E-state index in [1.807, 2.05) is 30.3 Å². The van der Waals surface area contributed by atoms with Crippen molar-refractivity contribution in [3.05, 3.63) is 60.2 Å². The predicted molar refractivity (Wildman–Crippen MR) is 107 cm³/mol. The summed E-state index contributed by atoms with van der Waals surface area (Å²) in [4.78, 5) is 0. The first-order chi connectivity index (χ1) is 12.6. The molecule has 1 aliphatic rings. The first-order valence-corrected chi connectivity index (χ1v) is 9.63. The molecule has 0 aliphatic heterocycles. The van der Waals surface area contributed by atoms with E-state index in [2.05, 4.69) is 31.2 Å². The van der Waals surface area contributed by atoms with Crippen molar-refractivity contribution in [2.24, 2.45) is 17.3 Å². The number of methoxy groups -OCH3 is 2. The Morgan fingerprint density at radius 2 is 1.81 bits per heavy atom. The topological polar surface area (TPSA) is 38.7 Å². The van der Waals surface area contributed by atoms with E-state index in [4.69, 9.17) is 9.47 Å². The molecule has 144 valence electrons. The highest BCUT2D eigenvalue weighted by Gasteiger charge is 2.43. The Morgan fingerprint density at radius 3 is 2.42 bits per heavy atom. The Labute approximate surface area is 158 Å². The van der Waals surface area contributed by atoms with E-state index in [0.717, 1.165) is 38.0 Å². The average molecular weight is 359 g/mol. The van der Waals surface area contributed by atoms with Crippen molar-refractivity contribution in [2.75, 3.05) is 27.4 Å². The molecule has 1 aliphatic carbocycles. The number of ether oxygens (including phenoxy) is 2. The fraction of sp³-hybridized carbons (Fsp3) is 0.565. The summed E-state index contributed by atoms with van der Waals surface area (Å²) in [5, 5.41) is 10.3. The van der Waals surface area contributed by atoms with Crippen LogP contribution in [0.15, 0.2) is 54.6 Å². The Morgan fingerprint density at radius 1 is 1.12 bits per heavy atom. The summed E-state index contributed by atoms with van der Waals surface area (Å²) in [6.07, 6.45) is 12.4. The summed E-state index contributed by atoms with van der Waals surface area (Å²) in [6.45, 7) is 3.60. The molecule has 1 unspecified atom stereocenters. The molecular weight excluding hydrogens is 324 g/mol. The molecular formula is C23H34O3. The van der Waals surface area contributed by atoms with Crippen molar-refractivity contribution < 1.29 is 14.6 Å². The zero-order valence-electron chi connectivity index (χ0n) is 16.4. The van der Waals surface area contributed by atoms with Crippen LogP contribution < -0.4 is 0 Å². The Balaban J connectivity index is 1.93. The Kier molecular flexibility index (Phi) is 8.56. The molecule has 1 aromatic rings. The maximum Gasteiger partial charge on any atom is 0.0824 e. The number of hydrogen-bond donors (Lipinski definition) is 1. The van der Waals surface area contributed by atoms with Crippen molar-refractivity contribution in [1.29, 1.82) is 0 Å². The van der Waals surface area contributed by atoms with E-state index in [-0.39, 0.29) is 5.41 Å². The molecule has 0 saturated heterocycles. The van der Waals surface area contributed by atoms with Crippen LogP contribution in [-0.2, 0) is 9.47 Å². The smallest absolute Gasteiger partial charge is 0.0824 e. The van der Waals surface area contributed by atoms with Gasteiger partial charge in [0.2, 0.25) is 0 Å². The second-order valence-corrected chi connectivity index (χ2v) is 7.59. The minimum atomic E-state index is -0.427. The van der Waals surface area contributed by atoms with Crippen molar-refractivity contribution in [2.45, 2.75) is 38.7 Å². The van der Waals surface area contributed by atoms with Gasteiger partial charge in [-0.1, -0.05) is 54.6 Å². The zero-order valence-corrected chi connectivity index (χ0v) is 16.4. The van der Waals surface area contributed by atoms with Gasteiger partial charge in [-0.3, -0.25) is 0 Å². The largest absolute Gasteiger partial charge is 0.388 e. The van der Waals surface area contributed by atoms with Gasteiger partial charge in [0, 0.05) is 19.6 Å². The lowest BCUT2D eigenvalue weighted by Crippen LogP contribution is -2.29. The van der Waals surface area contributed by atoms with Crippen LogP contribution in [0.4, 0.5) is 0 Å². The van der Waals surface area contributed by atoms with Gasteiger partial charge >= 0.3 is 0 Å². The molecule has 1 N–H and O–H groups in total. The molecule has 0 amide bonds. The lowest BCUT2D eigenvalue weighted by atomic mass is 9.86. The SMILES string of the molecule is C/C=C/[C@@H]1CC(COC)(COC)C[C@@H]1C/C=C/CC(O)c1ccccc1. The highest BCUT2D eigenvalue weighted by Crippen LogP contribution is 2.48. The summed E-state index contributed by atoms with van der Waals surface area (Å²) in [6, 6.07) is 9.85.